The van der Waals surface area contributed by atoms with Gasteiger partial charge in [-0.05, 0) is 49.4 Å². The number of carbonyl (C=O) groups excluding carboxylic acids is 1. The molecule has 25 heavy (non-hydrogen) atoms. The standard InChI is InChI=1S/C17H19ClN2O3S2/c1-25(22,23)20-17-15(13-8-3-2-4-9-14(13)24-17)16(21)19-12-7-5-6-11(18)10-12/h5-7,10,20H,2-4,8-9H2,1H3,(H,19,21). The van der Waals surface area contributed by atoms with Gasteiger partial charge in [0.2, 0.25) is 10.0 Å². The molecule has 2 N–H and O–H groups in total. The molecule has 0 fully saturated rings. The summed E-state index contributed by atoms with van der Waals surface area (Å²) in [5.74, 6) is -0.312. The Morgan fingerprint density at radius 2 is 1.96 bits per heavy atom. The molecule has 1 aromatic heterocycles. The van der Waals surface area contributed by atoms with Crippen LogP contribution in [0.15, 0.2) is 24.3 Å². The summed E-state index contributed by atoms with van der Waals surface area (Å²) < 4.78 is 25.9. The second-order valence-electron chi connectivity index (χ2n) is 6.11. The molecule has 1 amide bonds. The Bertz CT molecular complexity index is 907. The van der Waals surface area contributed by atoms with E-state index >= 15 is 0 Å². The minimum absolute atomic E-state index is 0.312. The van der Waals surface area contributed by atoms with Gasteiger partial charge in [-0.25, -0.2) is 8.42 Å². The predicted octanol–water partition coefficient (Wildman–Crippen LogP) is 4.29. The maximum atomic E-state index is 12.9. The highest BCUT2D eigenvalue weighted by Crippen LogP contribution is 2.38. The molecule has 134 valence electrons. The smallest absolute Gasteiger partial charge is 0.258 e. The van der Waals surface area contributed by atoms with E-state index in [4.69, 9.17) is 11.6 Å². The molecule has 0 radical (unpaired) electrons. The van der Waals surface area contributed by atoms with E-state index in [0.29, 0.717) is 21.3 Å². The zero-order chi connectivity index (χ0) is 18.0. The van der Waals surface area contributed by atoms with Crippen LogP contribution >= 0.6 is 22.9 Å². The van der Waals surface area contributed by atoms with Gasteiger partial charge in [0, 0.05) is 15.6 Å². The summed E-state index contributed by atoms with van der Waals surface area (Å²) >= 11 is 7.33. The summed E-state index contributed by atoms with van der Waals surface area (Å²) in [4.78, 5) is 14.0. The Kier molecular flexibility index (Phi) is 5.36. The molecule has 2 aromatic rings. The van der Waals surface area contributed by atoms with E-state index in [1.807, 2.05) is 0 Å². The van der Waals surface area contributed by atoms with Crippen molar-refractivity contribution in [3.05, 3.63) is 45.3 Å². The SMILES string of the molecule is CS(=O)(=O)Nc1sc2c(c1C(=O)Nc1cccc(Cl)c1)CCCCC2. The third-order valence-electron chi connectivity index (χ3n) is 4.01. The maximum absolute atomic E-state index is 12.9. The predicted molar refractivity (Wildman–Crippen MR) is 103 cm³/mol. The topological polar surface area (TPSA) is 75.3 Å². The number of benzene rings is 1. The molecule has 0 spiro atoms. The van der Waals surface area contributed by atoms with E-state index in [9.17, 15) is 13.2 Å². The summed E-state index contributed by atoms with van der Waals surface area (Å²) in [6.45, 7) is 0. The Hall–Kier alpha value is -1.57. The fourth-order valence-electron chi connectivity index (χ4n) is 2.98. The van der Waals surface area contributed by atoms with E-state index in [1.165, 1.54) is 11.3 Å². The van der Waals surface area contributed by atoms with Crippen molar-refractivity contribution in [3.63, 3.8) is 0 Å². The molecule has 8 heteroatoms. The Balaban J connectivity index is 1.99. The van der Waals surface area contributed by atoms with E-state index in [-0.39, 0.29) is 5.91 Å². The van der Waals surface area contributed by atoms with Gasteiger partial charge in [0.05, 0.1) is 11.8 Å². The average Bonchev–Trinajstić information content (AvgIpc) is 2.67. The monoisotopic (exact) mass is 398 g/mol. The first-order valence-corrected chi connectivity index (χ1v) is 11.1. The summed E-state index contributed by atoms with van der Waals surface area (Å²) in [5, 5.41) is 3.75. The third-order valence-corrected chi connectivity index (χ3v) is 6.16. The minimum atomic E-state index is -3.46. The first kappa shape index (κ1) is 18.2. The highest BCUT2D eigenvalue weighted by molar-refractivity contribution is 7.92. The zero-order valence-electron chi connectivity index (χ0n) is 13.8. The molecule has 5 nitrogen and oxygen atoms in total. The molecular formula is C17H19ClN2O3S2. The molecule has 0 unspecified atom stereocenters. The number of thiophene rings is 1. The molecule has 0 saturated carbocycles. The lowest BCUT2D eigenvalue weighted by Crippen LogP contribution is -2.17. The minimum Gasteiger partial charge on any atom is -0.322 e. The Labute approximate surface area is 156 Å². The van der Waals surface area contributed by atoms with Gasteiger partial charge < -0.3 is 5.32 Å². The molecule has 1 aromatic carbocycles. The first-order chi connectivity index (χ1) is 11.8. The third kappa shape index (κ3) is 4.54. The summed E-state index contributed by atoms with van der Waals surface area (Å²) in [6.07, 6.45) is 5.93. The van der Waals surface area contributed by atoms with Crippen LogP contribution in [0, 0.1) is 0 Å². The summed E-state index contributed by atoms with van der Waals surface area (Å²) in [6, 6.07) is 6.89. The summed E-state index contributed by atoms with van der Waals surface area (Å²) in [7, 11) is -3.46. The first-order valence-electron chi connectivity index (χ1n) is 8.03. The van der Waals surface area contributed by atoms with Crippen LogP contribution in [0.5, 0.6) is 0 Å². The number of rotatable bonds is 4. The lowest BCUT2D eigenvalue weighted by molar-refractivity contribution is 0.102. The molecule has 0 atom stereocenters. The van der Waals surface area contributed by atoms with Gasteiger partial charge >= 0.3 is 0 Å². The number of halogens is 1. The highest BCUT2D eigenvalue weighted by Gasteiger charge is 2.26. The number of sulfonamides is 1. The number of amides is 1. The number of anilines is 2. The number of carbonyl (C=O) groups is 1. The van der Waals surface area contributed by atoms with E-state index < -0.39 is 10.0 Å². The molecule has 1 heterocycles. The van der Waals surface area contributed by atoms with Crippen LogP contribution in [0.3, 0.4) is 0 Å². The van der Waals surface area contributed by atoms with Crippen LogP contribution < -0.4 is 10.0 Å². The Morgan fingerprint density at radius 3 is 2.68 bits per heavy atom. The number of fused-ring (bicyclic) bond motifs is 1. The van der Waals surface area contributed by atoms with Gasteiger partial charge in [-0.2, -0.15) is 0 Å². The van der Waals surface area contributed by atoms with Crippen molar-refractivity contribution >= 4 is 49.6 Å². The molecule has 0 aliphatic heterocycles. The van der Waals surface area contributed by atoms with Crippen LogP contribution in [0.25, 0.3) is 0 Å². The van der Waals surface area contributed by atoms with Crippen molar-refractivity contribution in [1.82, 2.24) is 0 Å². The fraction of sp³-hybridized carbons (Fsp3) is 0.353. The molecular weight excluding hydrogens is 380 g/mol. The van der Waals surface area contributed by atoms with Crippen molar-refractivity contribution < 1.29 is 13.2 Å². The largest absolute Gasteiger partial charge is 0.322 e. The normalized spacial score (nSPS) is 14.5. The maximum Gasteiger partial charge on any atom is 0.258 e. The van der Waals surface area contributed by atoms with Gasteiger partial charge in [-0.1, -0.05) is 24.1 Å². The van der Waals surface area contributed by atoms with Crippen LogP contribution in [0.2, 0.25) is 5.02 Å². The lowest BCUT2D eigenvalue weighted by Gasteiger charge is -2.10. The van der Waals surface area contributed by atoms with Gasteiger partial charge in [0.25, 0.3) is 5.91 Å². The second kappa shape index (κ2) is 7.35. The van der Waals surface area contributed by atoms with Gasteiger partial charge in [-0.15, -0.1) is 11.3 Å². The molecule has 0 saturated heterocycles. The van der Waals surface area contributed by atoms with Gasteiger partial charge in [-0.3, -0.25) is 9.52 Å². The van der Waals surface area contributed by atoms with Crippen LogP contribution in [0.1, 0.15) is 40.1 Å². The van der Waals surface area contributed by atoms with Crippen LogP contribution in [0.4, 0.5) is 10.7 Å². The van der Waals surface area contributed by atoms with Crippen molar-refractivity contribution in [2.75, 3.05) is 16.3 Å². The van der Waals surface area contributed by atoms with E-state index in [0.717, 1.165) is 48.8 Å². The molecule has 3 rings (SSSR count). The number of hydrogen-bond acceptors (Lipinski definition) is 4. The van der Waals surface area contributed by atoms with Crippen molar-refractivity contribution in [2.24, 2.45) is 0 Å². The summed E-state index contributed by atoms with van der Waals surface area (Å²) in [5.41, 5.74) is 1.98. The van der Waals surface area contributed by atoms with Crippen molar-refractivity contribution in [2.45, 2.75) is 32.1 Å². The fourth-order valence-corrected chi connectivity index (χ4v) is 5.37. The van der Waals surface area contributed by atoms with Crippen molar-refractivity contribution in [3.8, 4) is 0 Å². The molecule has 1 aliphatic carbocycles. The van der Waals surface area contributed by atoms with Gasteiger partial charge in [0.1, 0.15) is 5.00 Å². The van der Waals surface area contributed by atoms with Crippen LogP contribution in [-0.4, -0.2) is 20.6 Å². The van der Waals surface area contributed by atoms with E-state index in [2.05, 4.69) is 10.0 Å². The lowest BCUT2D eigenvalue weighted by atomic mass is 10.0. The Morgan fingerprint density at radius 1 is 1.20 bits per heavy atom. The zero-order valence-corrected chi connectivity index (χ0v) is 16.2. The average molecular weight is 399 g/mol. The van der Waals surface area contributed by atoms with E-state index in [1.54, 1.807) is 24.3 Å². The highest BCUT2D eigenvalue weighted by atomic mass is 35.5. The molecule has 1 aliphatic rings. The number of aryl methyl sites for hydroxylation is 1. The second-order valence-corrected chi connectivity index (χ2v) is 9.40. The number of nitrogens with one attached hydrogen (secondary N) is 2. The van der Waals surface area contributed by atoms with Crippen LogP contribution in [-0.2, 0) is 22.9 Å². The quantitative estimate of drug-likeness (QED) is 0.754. The van der Waals surface area contributed by atoms with Crippen molar-refractivity contribution in [1.29, 1.82) is 0 Å². The van der Waals surface area contributed by atoms with Gasteiger partial charge in [0.15, 0.2) is 0 Å². The molecule has 0 bridgehead atoms. The number of hydrogen-bond donors (Lipinski definition) is 2.